The van der Waals surface area contributed by atoms with Crippen molar-refractivity contribution >= 4 is 23.7 Å². The van der Waals surface area contributed by atoms with E-state index in [1.54, 1.807) is 39.0 Å². The van der Waals surface area contributed by atoms with Gasteiger partial charge in [-0.1, -0.05) is 18.9 Å². The number of rotatable bonds is 5. The first-order valence-corrected chi connectivity index (χ1v) is 8.79. The lowest BCUT2D eigenvalue weighted by Gasteiger charge is -2.19. The molecule has 26 heavy (non-hydrogen) atoms. The minimum atomic E-state index is -0.626. The number of hydrogen-bond acceptors (Lipinski definition) is 5. The van der Waals surface area contributed by atoms with E-state index in [-0.39, 0.29) is 24.1 Å². The SMILES string of the molecule is CC(C)(C)OC(=O)Nc1cccc(C(=O)OCC(=O)NC2CCCC2)c1. The van der Waals surface area contributed by atoms with E-state index in [1.807, 2.05) is 0 Å². The lowest BCUT2D eigenvalue weighted by Crippen LogP contribution is -2.35. The number of carbonyl (C=O) groups is 3. The fraction of sp³-hybridized carbons (Fsp3) is 0.526. The number of hydrogen-bond donors (Lipinski definition) is 2. The van der Waals surface area contributed by atoms with Crippen molar-refractivity contribution in [3.63, 3.8) is 0 Å². The van der Waals surface area contributed by atoms with Gasteiger partial charge in [0.25, 0.3) is 5.91 Å². The number of nitrogens with one attached hydrogen (secondary N) is 2. The van der Waals surface area contributed by atoms with Crippen molar-refractivity contribution in [2.24, 2.45) is 0 Å². The molecule has 2 N–H and O–H groups in total. The van der Waals surface area contributed by atoms with Crippen LogP contribution in [-0.4, -0.2) is 36.2 Å². The van der Waals surface area contributed by atoms with Crippen LogP contribution in [0.4, 0.5) is 10.5 Å². The maximum absolute atomic E-state index is 12.1. The summed E-state index contributed by atoms with van der Waals surface area (Å²) in [5.74, 6) is -0.923. The van der Waals surface area contributed by atoms with Crippen molar-refractivity contribution in [2.75, 3.05) is 11.9 Å². The number of amides is 2. The molecule has 142 valence electrons. The third-order valence-electron chi connectivity index (χ3n) is 3.80. The predicted molar refractivity (Wildman–Crippen MR) is 97.0 cm³/mol. The Morgan fingerprint density at radius 1 is 1.15 bits per heavy atom. The van der Waals surface area contributed by atoms with Gasteiger partial charge in [-0.05, 0) is 51.8 Å². The average molecular weight is 362 g/mol. The number of carbonyl (C=O) groups excluding carboxylic acids is 3. The summed E-state index contributed by atoms with van der Waals surface area (Å²) in [6, 6.07) is 6.45. The minimum Gasteiger partial charge on any atom is -0.452 e. The molecule has 0 bridgehead atoms. The Morgan fingerprint density at radius 2 is 1.85 bits per heavy atom. The molecular formula is C19H26N2O5. The molecule has 0 radical (unpaired) electrons. The highest BCUT2D eigenvalue weighted by Crippen LogP contribution is 2.17. The molecule has 0 aliphatic heterocycles. The van der Waals surface area contributed by atoms with Gasteiger partial charge >= 0.3 is 12.1 Å². The van der Waals surface area contributed by atoms with Gasteiger partial charge < -0.3 is 14.8 Å². The van der Waals surface area contributed by atoms with Crippen LogP contribution in [0.5, 0.6) is 0 Å². The van der Waals surface area contributed by atoms with Crippen LogP contribution < -0.4 is 10.6 Å². The second-order valence-electron chi connectivity index (χ2n) is 7.33. The Hall–Kier alpha value is -2.57. The quantitative estimate of drug-likeness (QED) is 0.784. The third kappa shape index (κ3) is 6.74. The topological polar surface area (TPSA) is 93.7 Å². The monoisotopic (exact) mass is 362 g/mol. The van der Waals surface area contributed by atoms with Crippen LogP contribution >= 0.6 is 0 Å². The summed E-state index contributed by atoms with van der Waals surface area (Å²) in [6.45, 7) is 4.96. The highest BCUT2D eigenvalue weighted by atomic mass is 16.6. The van der Waals surface area contributed by atoms with Crippen LogP contribution in [0, 0.1) is 0 Å². The van der Waals surface area contributed by atoms with Crippen molar-refractivity contribution < 1.29 is 23.9 Å². The maximum atomic E-state index is 12.1. The Balaban J connectivity index is 1.84. The summed E-state index contributed by atoms with van der Waals surface area (Å²) in [5.41, 5.74) is 0.0316. The normalized spacial score (nSPS) is 14.6. The zero-order chi connectivity index (χ0) is 19.2. The largest absolute Gasteiger partial charge is 0.452 e. The smallest absolute Gasteiger partial charge is 0.412 e. The summed E-state index contributed by atoms with van der Waals surface area (Å²) in [4.78, 5) is 35.7. The molecule has 7 heteroatoms. The highest BCUT2D eigenvalue weighted by Gasteiger charge is 2.19. The molecule has 0 spiro atoms. The zero-order valence-corrected chi connectivity index (χ0v) is 15.5. The van der Waals surface area contributed by atoms with Crippen LogP contribution in [0.1, 0.15) is 56.8 Å². The van der Waals surface area contributed by atoms with E-state index in [4.69, 9.17) is 9.47 Å². The molecule has 0 aromatic heterocycles. The Labute approximate surface area is 153 Å². The molecular weight excluding hydrogens is 336 g/mol. The van der Waals surface area contributed by atoms with Gasteiger partial charge in [-0.25, -0.2) is 9.59 Å². The molecule has 1 fully saturated rings. The van der Waals surface area contributed by atoms with Crippen molar-refractivity contribution in [3.05, 3.63) is 29.8 Å². The van der Waals surface area contributed by atoms with E-state index in [1.165, 1.54) is 6.07 Å². The zero-order valence-electron chi connectivity index (χ0n) is 15.5. The third-order valence-corrected chi connectivity index (χ3v) is 3.80. The Bertz CT molecular complexity index is 660. The highest BCUT2D eigenvalue weighted by molar-refractivity contribution is 5.93. The first-order chi connectivity index (χ1) is 12.2. The molecule has 0 saturated heterocycles. The van der Waals surface area contributed by atoms with Gasteiger partial charge in [0, 0.05) is 11.7 Å². The summed E-state index contributed by atoms with van der Waals surface area (Å²) in [7, 11) is 0. The van der Waals surface area contributed by atoms with Gasteiger partial charge in [0.1, 0.15) is 5.60 Å². The molecule has 1 aliphatic carbocycles. The van der Waals surface area contributed by atoms with Gasteiger partial charge in [-0.2, -0.15) is 0 Å². The molecule has 0 atom stereocenters. The van der Waals surface area contributed by atoms with Crippen molar-refractivity contribution in [1.82, 2.24) is 5.32 Å². The average Bonchev–Trinajstić information content (AvgIpc) is 3.03. The second kappa shape index (κ2) is 8.69. The number of anilines is 1. The molecule has 0 heterocycles. The van der Waals surface area contributed by atoms with Crippen molar-refractivity contribution in [2.45, 2.75) is 58.1 Å². The summed E-state index contributed by atoms with van der Waals surface area (Å²) in [6.07, 6.45) is 3.56. The Kier molecular flexibility index (Phi) is 6.60. The molecule has 7 nitrogen and oxygen atoms in total. The standard InChI is InChI=1S/C19H26N2O5/c1-19(2,3)26-18(24)21-15-10-6-7-13(11-15)17(23)25-12-16(22)20-14-8-4-5-9-14/h6-7,10-11,14H,4-5,8-9,12H2,1-3H3,(H,20,22)(H,21,24). The van der Waals surface area contributed by atoms with Crippen molar-refractivity contribution in [1.29, 1.82) is 0 Å². The van der Waals surface area contributed by atoms with Gasteiger partial charge in [0.05, 0.1) is 5.56 Å². The van der Waals surface area contributed by atoms with Crippen LogP contribution in [0.3, 0.4) is 0 Å². The van der Waals surface area contributed by atoms with Gasteiger partial charge in [0.2, 0.25) is 0 Å². The van der Waals surface area contributed by atoms with E-state index in [0.29, 0.717) is 5.69 Å². The van der Waals surface area contributed by atoms with E-state index in [2.05, 4.69) is 10.6 Å². The van der Waals surface area contributed by atoms with E-state index >= 15 is 0 Å². The fourth-order valence-corrected chi connectivity index (χ4v) is 2.70. The van der Waals surface area contributed by atoms with E-state index in [0.717, 1.165) is 25.7 Å². The predicted octanol–water partition coefficient (Wildman–Crippen LogP) is 3.25. The summed E-state index contributed by atoms with van der Waals surface area (Å²) >= 11 is 0. The lowest BCUT2D eigenvalue weighted by molar-refractivity contribution is -0.124. The van der Waals surface area contributed by atoms with Gasteiger partial charge in [0.15, 0.2) is 6.61 Å². The lowest BCUT2D eigenvalue weighted by atomic mass is 10.2. The molecule has 2 amide bonds. The van der Waals surface area contributed by atoms with Crippen molar-refractivity contribution in [3.8, 4) is 0 Å². The number of benzene rings is 1. The molecule has 2 rings (SSSR count). The molecule has 1 aliphatic rings. The Morgan fingerprint density at radius 3 is 2.50 bits per heavy atom. The minimum absolute atomic E-state index is 0.183. The molecule has 1 saturated carbocycles. The van der Waals surface area contributed by atoms with Crippen LogP contribution in [0.2, 0.25) is 0 Å². The van der Waals surface area contributed by atoms with Crippen LogP contribution in [0.15, 0.2) is 24.3 Å². The summed E-state index contributed by atoms with van der Waals surface area (Å²) < 4.78 is 10.2. The van der Waals surface area contributed by atoms with Crippen LogP contribution in [-0.2, 0) is 14.3 Å². The van der Waals surface area contributed by atoms with E-state index in [9.17, 15) is 14.4 Å². The van der Waals surface area contributed by atoms with E-state index < -0.39 is 17.7 Å². The summed E-state index contributed by atoms with van der Waals surface area (Å²) in [5, 5.41) is 5.41. The fourth-order valence-electron chi connectivity index (χ4n) is 2.70. The first kappa shape index (κ1) is 19.8. The molecule has 1 aromatic carbocycles. The number of esters is 1. The van der Waals surface area contributed by atoms with Gasteiger partial charge in [-0.3, -0.25) is 10.1 Å². The first-order valence-electron chi connectivity index (χ1n) is 8.79. The second-order valence-corrected chi connectivity index (χ2v) is 7.33. The molecule has 1 aromatic rings. The molecule has 0 unspecified atom stereocenters. The maximum Gasteiger partial charge on any atom is 0.412 e. The van der Waals surface area contributed by atoms with Gasteiger partial charge in [-0.15, -0.1) is 0 Å². The van der Waals surface area contributed by atoms with Crippen LogP contribution in [0.25, 0.3) is 0 Å². The number of ether oxygens (including phenoxy) is 2.